The molecule has 0 radical (unpaired) electrons. The minimum absolute atomic E-state index is 0.0366. The van der Waals surface area contributed by atoms with Gasteiger partial charge in [0.15, 0.2) is 0 Å². The van der Waals surface area contributed by atoms with Crippen molar-refractivity contribution in [2.45, 2.75) is 32.4 Å². The van der Waals surface area contributed by atoms with Gasteiger partial charge in [0.05, 0.1) is 6.04 Å². The maximum atomic E-state index is 13.4. The first-order valence-corrected chi connectivity index (χ1v) is 6.43. The van der Waals surface area contributed by atoms with Gasteiger partial charge < -0.3 is 10.6 Å². The maximum absolute atomic E-state index is 13.4. The van der Waals surface area contributed by atoms with Crippen LogP contribution in [-0.2, 0) is 11.3 Å². The molecule has 2 N–H and O–H groups in total. The number of amides is 1. The lowest BCUT2D eigenvalue weighted by Crippen LogP contribution is -2.50. The van der Waals surface area contributed by atoms with Crippen LogP contribution >= 0.6 is 0 Å². The molecule has 4 heteroatoms. The van der Waals surface area contributed by atoms with Crippen LogP contribution in [0.15, 0.2) is 24.3 Å². The lowest BCUT2D eigenvalue weighted by atomic mass is 9.92. The Morgan fingerprint density at radius 2 is 2.28 bits per heavy atom. The standard InChI is InChI=1S/C14H19FN2O/c1-10-5-4-8-16-13(10)14(18)17-9-11-6-2-3-7-12(11)15/h2-3,6-7,10,13,16H,4-5,8-9H2,1H3,(H,17,18). The Balaban J connectivity index is 1.90. The fourth-order valence-corrected chi connectivity index (χ4v) is 2.33. The van der Waals surface area contributed by atoms with E-state index >= 15 is 0 Å². The van der Waals surface area contributed by atoms with Gasteiger partial charge in [-0.05, 0) is 31.4 Å². The summed E-state index contributed by atoms with van der Waals surface area (Å²) < 4.78 is 13.4. The first kappa shape index (κ1) is 13.0. The minimum Gasteiger partial charge on any atom is -0.351 e. The highest BCUT2D eigenvalue weighted by Crippen LogP contribution is 2.15. The molecule has 1 aliphatic rings. The average molecular weight is 250 g/mol. The van der Waals surface area contributed by atoms with Crippen LogP contribution < -0.4 is 10.6 Å². The fourth-order valence-electron chi connectivity index (χ4n) is 2.33. The number of carbonyl (C=O) groups is 1. The van der Waals surface area contributed by atoms with Crippen LogP contribution in [0.25, 0.3) is 0 Å². The highest BCUT2D eigenvalue weighted by Gasteiger charge is 2.26. The summed E-state index contributed by atoms with van der Waals surface area (Å²) in [6.45, 7) is 3.19. The topological polar surface area (TPSA) is 41.1 Å². The van der Waals surface area contributed by atoms with Gasteiger partial charge in [-0.2, -0.15) is 0 Å². The van der Waals surface area contributed by atoms with Crippen molar-refractivity contribution in [2.75, 3.05) is 6.54 Å². The Hall–Kier alpha value is -1.42. The van der Waals surface area contributed by atoms with E-state index in [0.29, 0.717) is 11.5 Å². The number of benzene rings is 1. The van der Waals surface area contributed by atoms with E-state index in [4.69, 9.17) is 0 Å². The number of rotatable bonds is 3. The van der Waals surface area contributed by atoms with Gasteiger partial charge >= 0.3 is 0 Å². The molecule has 18 heavy (non-hydrogen) atoms. The fraction of sp³-hybridized carbons (Fsp3) is 0.500. The second kappa shape index (κ2) is 5.96. The summed E-state index contributed by atoms with van der Waals surface area (Å²) in [7, 11) is 0. The van der Waals surface area contributed by atoms with Crippen LogP contribution in [0.2, 0.25) is 0 Å². The van der Waals surface area contributed by atoms with Crippen molar-refractivity contribution in [3.8, 4) is 0 Å². The lowest BCUT2D eigenvalue weighted by molar-refractivity contribution is -0.125. The van der Waals surface area contributed by atoms with Crippen molar-refractivity contribution in [1.29, 1.82) is 0 Å². The number of nitrogens with one attached hydrogen (secondary N) is 2. The molecule has 1 aromatic rings. The Morgan fingerprint density at radius 3 is 3.00 bits per heavy atom. The summed E-state index contributed by atoms with van der Waals surface area (Å²) in [5.74, 6) is 0.0206. The second-order valence-electron chi connectivity index (χ2n) is 4.86. The molecular formula is C14H19FN2O. The second-order valence-corrected chi connectivity index (χ2v) is 4.86. The smallest absolute Gasteiger partial charge is 0.237 e. The maximum Gasteiger partial charge on any atom is 0.237 e. The molecule has 0 saturated carbocycles. The van der Waals surface area contributed by atoms with Gasteiger partial charge in [0.25, 0.3) is 0 Å². The Kier molecular flexibility index (Phi) is 4.31. The van der Waals surface area contributed by atoms with Crippen LogP contribution in [0.4, 0.5) is 4.39 Å². The number of hydrogen-bond acceptors (Lipinski definition) is 2. The van der Waals surface area contributed by atoms with Gasteiger partial charge in [0, 0.05) is 12.1 Å². The molecule has 0 aromatic heterocycles. The average Bonchev–Trinajstić information content (AvgIpc) is 2.38. The van der Waals surface area contributed by atoms with Crippen molar-refractivity contribution < 1.29 is 9.18 Å². The molecule has 0 bridgehead atoms. The lowest BCUT2D eigenvalue weighted by Gasteiger charge is -2.28. The predicted molar refractivity (Wildman–Crippen MR) is 68.4 cm³/mol. The largest absolute Gasteiger partial charge is 0.351 e. The van der Waals surface area contributed by atoms with Crippen molar-refractivity contribution in [3.05, 3.63) is 35.6 Å². The number of halogens is 1. The Bertz CT molecular complexity index is 422. The van der Waals surface area contributed by atoms with Gasteiger partial charge in [0.1, 0.15) is 5.82 Å². The summed E-state index contributed by atoms with van der Waals surface area (Å²) in [5, 5.41) is 6.01. The van der Waals surface area contributed by atoms with Crippen molar-refractivity contribution in [3.63, 3.8) is 0 Å². The van der Waals surface area contributed by atoms with E-state index in [2.05, 4.69) is 17.6 Å². The molecule has 1 aliphatic heterocycles. The predicted octanol–water partition coefficient (Wildman–Crippen LogP) is 1.83. The van der Waals surface area contributed by atoms with Crippen LogP contribution in [0.1, 0.15) is 25.3 Å². The summed E-state index contributed by atoms with van der Waals surface area (Å²) in [6, 6.07) is 6.36. The zero-order valence-corrected chi connectivity index (χ0v) is 10.6. The molecule has 2 atom stereocenters. The summed E-state index contributed by atoms with van der Waals surface area (Å²) >= 11 is 0. The van der Waals surface area contributed by atoms with E-state index in [1.54, 1.807) is 18.2 Å². The normalized spacial score (nSPS) is 23.7. The highest BCUT2D eigenvalue weighted by atomic mass is 19.1. The highest BCUT2D eigenvalue weighted by molar-refractivity contribution is 5.82. The van der Waals surface area contributed by atoms with E-state index in [0.717, 1.165) is 19.4 Å². The summed E-state index contributed by atoms with van der Waals surface area (Å²) in [4.78, 5) is 12.0. The first-order chi connectivity index (χ1) is 8.68. The van der Waals surface area contributed by atoms with E-state index in [-0.39, 0.29) is 24.3 Å². The van der Waals surface area contributed by atoms with Crippen LogP contribution in [0.5, 0.6) is 0 Å². The molecule has 0 spiro atoms. The molecule has 0 aliphatic carbocycles. The zero-order valence-electron chi connectivity index (χ0n) is 10.6. The van der Waals surface area contributed by atoms with E-state index in [9.17, 15) is 9.18 Å². The van der Waals surface area contributed by atoms with Crippen molar-refractivity contribution in [1.82, 2.24) is 10.6 Å². The third-order valence-corrected chi connectivity index (χ3v) is 3.46. The van der Waals surface area contributed by atoms with Gasteiger partial charge in [-0.1, -0.05) is 25.1 Å². The molecule has 2 unspecified atom stereocenters. The zero-order chi connectivity index (χ0) is 13.0. The molecule has 98 valence electrons. The molecule has 2 rings (SSSR count). The van der Waals surface area contributed by atoms with Gasteiger partial charge in [-0.3, -0.25) is 4.79 Å². The minimum atomic E-state index is -0.276. The number of carbonyl (C=O) groups excluding carboxylic acids is 1. The molecule has 1 aromatic carbocycles. The van der Waals surface area contributed by atoms with Gasteiger partial charge in [-0.25, -0.2) is 4.39 Å². The summed E-state index contributed by atoms with van der Waals surface area (Å²) in [6.07, 6.45) is 2.17. The van der Waals surface area contributed by atoms with Crippen LogP contribution in [-0.4, -0.2) is 18.5 Å². The van der Waals surface area contributed by atoms with Crippen LogP contribution in [0, 0.1) is 11.7 Å². The third-order valence-electron chi connectivity index (χ3n) is 3.46. The first-order valence-electron chi connectivity index (χ1n) is 6.43. The molecule has 1 saturated heterocycles. The van der Waals surface area contributed by atoms with Crippen molar-refractivity contribution in [2.24, 2.45) is 5.92 Å². The molecule has 1 heterocycles. The molecule has 1 amide bonds. The molecule has 1 fully saturated rings. The third kappa shape index (κ3) is 3.07. The molecular weight excluding hydrogens is 231 g/mol. The van der Waals surface area contributed by atoms with E-state index < -0.39 is 0 Å². The van der Waals surface area contributed by atoms with Gasteiger partial charge in [0.2, 0.25) is 5.91 Å². The molecule has 3 nitrogen and oxygen atoms in total. The van der Waals surface area contributed by atoms with E-state index in [1.165, 1.54) is 6.07 Å². The Labute approximate surface area is 107 Å². The Morgan fingerprint density at radius 1 is 1.50 bits per heavy atom. The monoisotopic (exact) mass is 250 g/mol. The summed E-state index contributed by atoms with van der Waals surface area (Å²) in [5.41, 5.74) is 0.523. The number of hydrogen-bond donors (Lipinski definition) is 2. The van der Waals surface area contributed by atoms with Crippen molar-refractivity contribution >= 4 is 5.91 Å². The van der Waals surface area contributed by atoms with Crippen LogP contribution in [0.3, 0.4) is 0 Å². The quantitative estimate of drug-likeness (QED) is 0.859. The van der Waals surface area contributed by atoms with E-state index in [1.807, 2.05) is 0 Å². The van der Waals surface area contributed by atoms with Gasteiger partial charge in [-0.15, -0.1) is 0 Å². The SMILES string of the molecule is CC1CCCNC1C(=O)NCc1ccccc1F. The number of piperidine rings is 1.